The van der Waals surface area contributed by atoms with Gasteiger partial charge in [-0.15, -0.1) is 0 Å². The molecular formula is C15H34N2. The fourth-order valence-corrected chi connectivity index (χ4v) is 2.18. The number of hydrogen-bond donors (Lipinski definition) is 1. The van der Waals surface area contributed by atoms with Gasteiger partial charge in [0.25, 0.3) is 0 Å². The molecule has 0 aromatic rings. The van der Waals surface area contributed by atoms with Crippen LogP contribution in [0.15, 0.2) is 0 Å². The van der Waals surface area contributed by atoms with Gasteiger partial charge in [0, 0.05) is 6.04 Å². The van der Waals surface area contributed by atoms with Gasteiger partial charge in [-0.2, -0.15) is 0 Å². The summed E-state index contributed by atoms with van der Waals surface area (Å²) in [6.45, 7) is 15.9. The lowest BCUT2D eigenvalue weighted by Crippen LogP contribution is -2.40. The minimum absolute atomic E-state index is 0.363. The van der Waals surface area contributed by atoms with Crippen LogP contribution in [-0.4, -0.2) is 31.1 Å². The summed E-state index contributed by atoms with van der Waals surface area (Å²) in [6.07, 6.45) is 3.67. The average Bonchev–Trinajstić information content (AvgIpc) is 2.14. The van der Waals surface area contributed by atoms with E-state index in [0.29, 0.717) is 16.9 Å². The van der Waals surface area contributed by atoms with E-state index in [1.165, 1.54) is 19.4 Å². The SMILES string of the molecule is CC(N(C)CCCC(C)(C)CCN)C(C)(C)C. The van der Waals surface area contributed by atoms with Crippen molar-refractivity contribution in [3.63, 3.8) is 0 Å². The Morgan fingerprint density at radius 2 is 1.59 bits per heavy atom. The van der Waals surface area contributed by atoms with E-state index >= 15 is 0 Å². The lowest BCUT2D eigenvalue weighted by molar-refractivity contribution is 0.133. The first-order valence-electron chi connectivity index (χ1n) is 7.00. The Morgan fingerprint density at radius 3 is 2.00 bits per heavy atom. The molecule has 0 amide bonds. The molecule has 0 aromatic carbocycles. The minimum atomic E-state index is 0.363. The first kappa shape index (κ1) is 16.9. The summed E-state index contributed by atoms with van der Waals surface area (Å²) in [7, 11) is 2.24. The molecule has 104 valence electrons. The maximum Gasteiger partial charge on any atom is 0.0112 e. The van der Waals surface area contributed by atoms with Crippen molar-refractivity contribution in [1.82, 2.24) is 4.90 Å². The highest BCUT2D eigenvalue weighted by Gasteiger charge is 2.24. The van der Waals surface area contributed by atoms with Crippen LogP contribution >= 0.6 is 0 Å². The van der Waals surface area contributed by atoms with Crippen molar-refractivity contribution in [1.29, 1.82) is 0 Å². The summed E-state index contributed by atoms with van der Waals surface area (Å²) in [5, 5.41) is 0. The topological polar surface area (TPSA) is 29.3 Å². The summed E-state index contributed by atoms with van der Waals surface area (Å²) in [5.41, 5.74) is 6.41. The Bertz CT molecular complexity index is 203. The van der Waals surface area contributed by atoms with Crippen molar-refractivity contribution < 1.29 is 0 Å². The van der Waals surface area contributed by atoms with Crippen molar-refractivity contribution in [2.24, 2.45) is 16.6 Å². The Kier molecular flexibility index (Phi) is 6.71. The maximum atomic E-state index is 5.64. The van der Waals surface area contributed by atoms with E-state index in [2.05, 4.69) is 53.5 Å². The predicted octanol–water partition coefficient (Wildman–Crippen LogP) is 3.51. The predicted molar refractivity (Wildman–Crippen MR) is 78.2 cm³/mol. The first-order valence-corrected chi connectivity index (χ1v) is 7.00. The Balaban J connectivity index is 3.97. The van der Waals surface area contributed by atoms with Gasteiger partial charge in [0.1, 0.15) is 0 Å². The quantitative estimate of drug-likeness (QED) is 0.740. The number of nitrogens with two attached hydrogens (primary N) is 1. The van der Waals surface area contributed by atoms with Crippen LogP contribution in [0.1, 0.15) is 60.8 Å². The van der Waals surface area contributed by atoms with Crippen LogP contribution in [0.25, 0.3) is 0 Å². The van der Waals surface area contributed by atoms with Crippen LogP contribution < -0.4 is 5.73 Å². The molecule has 0 spiro atoms. The van der Waals surface area contributed by atoms with Gasteiger partial charge in [0.15, 0.2) is 0 Å². The van der Waals surface area contributed by atoms with Crippen LogP contribution in [0, 0.1) is 10.8 Å². The second kappa shape index (κ2) is 6.75. The molecule has 2 nitrogen and oxygen atoms in total. The molecule has 0 aromatic heterocycles. The second-order valence-electron chi connectivity index (χ2n) is 7.33. The third-order valence-electron chi connectivity index (χ3n) is 4.10. The zero-order valence-corrected chi connectivity index (χ0v) is 13.1. The van der Waals surface area contributed by atoms with E-state index in [-0.39, 0.29) is 0 Å². The fourth-order valence-electron chi connectivity index (χ4n) is 2.18. The fraction of sp³-hybridized carbons (Fsp3) is 1.00. The zero-order valence-electron chi connectivity index (χ0n) is 13.1. The molecule has 0 heterocycles. The van der Waals surface area contributed by atoms with Crippen molar-refractivity contribution >= 4 is 0 Å². The molecule has 0 bridgehead atoms. The molecule has 0 aliphatic heterocycles. The highest BCUT2D eigenvalue weighted by Crippen LogP contribution is 2.27. The molecule has 17 heavy (non-hydrogen) atoms. The molecule has 0 aliphatic carbocycles. The van der Waals surface area contributed by atoms with Crippen LogP contribution in [0.3, 0.4) is 0 Å². The van der Waals surface area contributed by atoms with Crippen LogP contribution in [0.4, 0.5) is 0 Å². The molecule has 2 heteroatoms. The largest absolute Gasteiger partial charge is 0.330 e. The number of hydrogen-bond acceptors (Lipinski definition) is 2. The van der Waals surface area contributed by atoms with Gasteiger partial charge in [0.05, 0.1) is 0 Å². The molecule has 0 aliphatic rings. The van der Waals surface area contributed by atoms with E-state index in [1.807, 2.05) is 0 Å². The summed E-state index contributed by atoms with van der Waals surface area (Å²) in [6, 6.07) is 0.625. The van der Waals surface area contributed by atoms with Crippen molar-refractivity contribution in [3.05, 3.63) is 0 Å². The van der Waals surface area contributed by atoms with Crippen molar-refractivity contribution in [2.75, 3.05) is 20.1 Å². The lowest BCUT2D eigenvalue weighted by atomic mass is 9.84. The van der Waals surface area contributed by atoms with E-state index in [1.54, 1.807) is 0 Å². The van der Waals surface area contributed by atoms with Crippen LogP contribution in [0.5, 0.6) is 0 Å². The average molecular weight is 242 g/mol. The molecule has 1 atom stereocenters. The van der Waals surface area contributed by atoms with Gasteiger partial charge in [-0.1, -0.05) is 34.6 Å². The summed E-state index contributed by atoms with van der Waals surface area (Å²) >= 11 is 0. The Labute approximate surface area is 109 Å². The van der Waals surface area contributed by atoms with E-state index < -0.39 is 0 Å². The standard InChI is InChI=1S/C15H34N2/c1-13(14(2,3)4)17(7)12-8-9-15(5,6)10-11-16/h13H,8-12,16H2,1-7H3. The van der Waals surface area contributed by atoms with Crippen molar-refractivity contribution in [2.45, 2.75) is 66.8 Å². The first-order chi connectivity index (χ1) is 7.60. The van der Waals surface area contributed by atoms with Gasteiger partial charge < -0.3 is 10.6 Å². The smallest absolute Gasteiger partial charge is 0.0112 e. The number of rotatable bonds is 7. The summed E-state index contributed by atoms with van der Waals surface area (Å²) < 4.78 is 0. The molecule has 0 saturated heterocycles. The molecule has 0 radical (unpaired) electrons. The van der Waals surface area contributed by atoms with Gasteiger partial charge in [-0.25, -0.2) is 0 Å². The normalized spacial score (nSPS) is 15.4. The minimum Gasteiger partial charge on any atom is -0.330 e. The van der Waals surface area contributed by atoms with Crippen LogP contribution in [0.2, 0.25) is 0 Å². The van der Waals surface area contributed by atoms with Gasteiger partial charge >= 0.3 is 0 Å². The van der Waals surface area contributed by atoms with Crippen LogP contribution in [-0.2, 0) is 0 Å². The second-order valence-corrected chi connectivity index (χ2v) is 7.33. The van der Waals surface area contributed by atoms with E-state index in [9.17, 15) is 0 Å². The van der Waals surface area contributed by atoms with E-state index in [4.69, 9.17) is 5.73 Å². The highest BCUT2D eigenvalue weighted by molar-refractivity contribution is 4.78. The third-order valence-corrected chi connectivity index (χ3v) is 4.10. The van der Waals surface area contributed by atoms with Crippen molar-refractivity contribution in [3.8, 4) is 0 Å². The van der Waals surface area contributed by atoms with Gasteiger partial charge in [-0.05, 0) is 57.2 Å². The molecule has 0 rings (SSSR count). The van der Waals surface area contributed by atoms with Gasteiger partial charge in [-0.3, -0.25) is 0 Å². The number of nitrogens with zero attached hydrogens (tertiary/aromatic N) is 1. The third kappa shape index (κ3) is 7.05. The molecule has 2 N–H and O–H groups in total. The Hall–Kier alpha value is -0.0800. The highest BCUT2D eigenvalue weighted by atomic mass is 15.1. The molecule has 0 saturated carbocycles. The summed E-state index contributed by atoms with van der Waals surface area (Å²) in [5.74, 6) is 0. The Morgan fingerprint density at radius 1 is 1.06 bits per heavy atom. The molecule has 0 fully saturated rings. The molecule has 1 unspecified atom stereocenters. The van der Waals surface area contributed by atoms with E-state index in [0.717, 1.165) is 13.0 Å². The summed E-state index contributed by atoms with van der Waals surface area (Å²) in [4.78, 5) is 2.48. The monoisotopic (exact) mass is 242 g/mol. The van der Waals surface area contributed by atoms with Gasteiger partial charge in [0.2, 0.25) is 0 Å². The zero-order chi connectivity index (χ0) is 13.7. The molecular weight excluding hydrogens is 208 g/mol. The lowest BCUT2D eigenvalue weighted by Gasteiger charge is -2.36. The maximum absolute atomic E-state index is 5.64.